The Hall–Kier alpha value is -2.24. The van der Waals surface area contributed by atoms with Crippen molar-refractivity contribution >= 4 is 28.7 Å². The molecule has 1 fully saturated rings. The Balaban J connectivity index is 1.54. The number of hydrogen-bond acceptors (Lipinski definition) is 9. The molecule has 1 aromatic carbocycles. The summed E-state index contributed by atoms with van der Waals surface area (Å²) in [6, 6.07) is 8.37. The van der Waals surface area contributed by atoms with E-state index in [-0.39, 0.29) is 5.82 Å². The van der Waals surface area contributed by atoms with Crippen LogP contribution >= 0.6 is 11.8 Å². The Morgan fingerprint density at radius 3 is 2.62 bits per heavy atom. The summed E-state index contributed by atoms with van der Waals surface area (Å²) in [6.45, 7) is 1.65. The van der Waals surface area contributed by atoms with Crippen LogP contribution in [-0.2, 0) is 11.2 Å². The van der Waals surface area contributed by atoms with Gasteiger partial charge in [-0.25, -0.2) is 15.0 Å². The minimum absolute atomic E-state index is 0.235. The number of rotatable bonds is 6. The predicted octanol–water partition coefficient (Wildman–Crippen LogP) is 0.663. The molecule has 1 aliphatic heterocycles. The number of aliphatic hydroxyl groups excluding tert-OH is 3. The lowest BCUT2D eigenvalue weighted by Crippen LogP contribution is -2.33. The summed E-state index contributed by atoms with van der Waals surface area (Å²) >= 11 is 1.47. The zero-order chi connectivity index (χ0) is 20.5. The average Bonchev–Trinajstić information content (AvgIpc) is 3.25. The first kappa shape index (κ1) is 20.0. The number of nitrogens with zero attached hydrogens (tertiary/aromatic N) is 4. The molecule has 0 bridgehead atoms. The third-order valence-electron chi connectivity index (χ3n) is 4.96. The second-order valence-electron chi connectivity index (χ2n) is 7.03. The van der Waals surface area contributed by atoms with Crippen molar-refractivity contribution in [3.05, 3.63) is 41.7 Å². The molecule has 1 saturated heterocycles. The number of ether oxygens (including phenoxy) is 1. The van der Waals surface area contributed by atoms with Crippen molar-refractivity contribution in [2.24, 2.45) is 0 Å². The number of imidazole rings is 1. The van der Waals surface area contributed by atoms with Crippen LogP contribution in [0.3, 0.4) is 0 Å². The Labute approximate surface area is 171 Å². The Morgan fingerprint density at radius 1 is 1.17 bits per heavy atom. The van der Waals surface area contributed by atoms with Crippen molar-refractivity contribution in [3.8, 4) is 0 Å². The van der Waals surface area contributed by atoms with E-state index in [0.717, 1.165) is 12.2 Å². The number of aromatic nitrogens is 4. The minimum atomic E-state index is -1.22. The molecule has 29 heavy (non-hydrogen) atoms. The fraction of sp³-hybridized carbons (Fsp3) is 0.421. The number of benzene rings is 1. The lowest BCUT2D eigenvalue weighted by molar-refractivity contribution is -0.0511. The number of aliphatic hydroxyl groups is 3. The number of nitrogen functional groups attached to an aromatic ring is 1. The van der Waals surface area contributed by atoms with Crippen LogP contribution in [0.2, 0.25) is 0 Å². The molecule has 3 aromatic rings. The maximum absolute atomic E-state index is 10.3. The summed E-state index contributed by atoms with van der Waals surface area (Å²) in [4.78, 5) is 13.1. The van der Waals surface area contributed by atoms with Gasteiger partial charge in [-0.2, -0.15) is 0 Å². The van der Waals surface area contributed by atoms with E-state index in [1.807, 2.05) is 0 Å². The van der Waals surface area contributed by atoms with Crippen LogP contribution in [0.25, 0.3) is 11.2 Å². The van der Waals surface area contributed by atoms with E-state index in [0.29, 0.717) is 16.3 Å². The molecule has 5 N–H and O–H groups in total. The summed E-state index contributed by atoms with van der Waals surface area (Å²) < 4.78 is 7.10. The molecule has 3 heterocycles. The molecule has 2 aromatic heterocycles. The molecule has 1 aliphatic rings. The van der Waals surface area contributed by atoms with Crippen LogP contribution in [0.5, 0.6) is 0 Å². The quantitative estimate of drug-likeness (QED) is 0.336. The smallest absolute Gasteiger partial charge is 0.191 e. The van der Waals surface area contributed by atoms with Gasteiger partial charge < -0.3 is 25.8 Å². The van der Waals surface area contributed by atoms with Crippen LogP contribution in [0.1, 0.15) is 17.4 Å². The first-order chi connectivity index (χ1) is 14.0. The second kappa shape index (κ2) is 8.25. The molecule has 0 amide bonds. The summed E-state index contributed by atoms with van der Waals surface area (Å²) in [5, 5.41) is 30.1. The predicted molar refractivity (Wildman–Crippen MR) is 108 cm³/mol. The number of nitrogens with two attached hydrogens (primary N) is 1. The summed E-state index contributed by atoms with van der Waals surface area (Å²) in [5.41, 5.74) is 9.31. The molecule has 9 nitrogen and oxygen atoms in total. The van der Waals surface area contributed by atoms with Crippen LogP contribution in [0, 0.1) is 6.92 Å². The first-order valence-electron chi connectivity index (χ1n) is 9.28. The van der Waals surface area contributed by atoms with Gasteiger partial charge in [0.1, 0.15) is 23.8 Å². The normalized spacial score (nSPS) is 24.4. The highest BCUT2D eigenvalue weighted by molar-refractivity contribution is 7.99. The summed E-state index contributed by atoms with van der Waals surface area (Å²) in [5.74, 6) is 1.01. The van der Waals surface area contributed by atoms with Crippen LogP contribution in [0.4, 0.5) is 5.82 Å². The summed E-state index contributed by atoms with van der Waals surface area (Å²) in [6.07, 6.45) is -1.93. The van der Waals surface area contributed by atoms with Crippen LogP contribution < -0.4 is 5.73 Å². The Morgan fingerprint density at radius 2 is 1.93 bits per heavy atom. The highest BCUT2D eigenvalue weighted by Gasteiger charge is 2.44. The fourth-order valence-corrected chi connectivity index (χ4v) is 4.13. The van der Waals surface area contributed by atoms with Crippen LogP contribution in [0.15, 0.2) is 35.7 Å². The van der Waals surface area contributed by atoms with E-state index in [2.05, 4.69) is 46.1 Å². The Kier molecular flexibility index (Phi) is 5.70. The highest BCUT2D eigenvalue weighted by Crippen LogP contribution is 2.32. The number of aryl methyl sites for hydroxylation is 2. The fourth-order valence-electron chi connectivity index (χ4n) is 3.29. The molecule has 4 rings (SSSR count). The lowest BCUT2D eigenvalue weighted by Gasteiger charge is -2.16. The molecule has 0 saturated carbocycles. The molecule has 4 atom stereocenters. The molecular formula is C19H23N5O4S. The molecule has 154 valence electrons. The minimum Gasteiger partial charge on any atom is -0.394 e. The Bertz CT molecular complexity index is 996. The van der Waals surface area contributed by atoms with Gasteiger partial charge >= 0.3 is 0 Å². The van der Waals surface area contributed by atoms with Gasteiger partial charge in [0.25, 0.3) is 0 Å². The largest absolute Gasteiger partial charge is 0.394 e. The van der Waals surface area contributed by atoms with E-state index < -0.39 is 31.1 Å². The maximum Gasteiger partial charge on any atom is 0.191 e. The van der Waals surface area contributed by atoms with Gasteiger partial charge in [0.15, 0.2) is 22.8 Å². The highest BCUT2D eigenvalue weighted by atomic mass is 32.2. The first-order valence-corrected chi connectivity index (χ1v) is 10.3. The zero-order valence-electron chi connectivity index (χ0n) is 15.8. The van der Waals surface area contributed by atoms with E-state index in [1.165, 1.54) is 33.8 Å². The van der Waals surface area contributed by atoms with Crippen molar-refractivity contribution in [1.29, 1.82) is 0 Å². The molecule has 10 heteroatoms. The number of anilines is 1. The van der Waals surface area contributed by atoms with Crippen LogP contribution in [-0.4, -0.2) is 65.5 Å². The van der Waals surface area contributed by atoms with Gasteiger partial charge in [0, 0.05) is 5.75 Å². The van der Waals surface area contributed by atoms with Gasteiger partial charge in [-0.3, -0.25) is 4.57 Å². The van der Waals surface area contributed by atoms with Crippen molar-refractivity contribution in [3.63, 3.8) is 0 Å². The third-order valence-corrected chi connectivity index (χ3v) is 5.81. The number of fused-ring (bicyclic) bond motifs is 1. The van der Waals surface area contributed by atoms with Crippen molar-refractivity contribution < 1.29 is 20.1 Å². The van der Waals surface area contributed by atoms with Gasteiger partial charge in [-0.05, 0) is 18.9 Å². The van der Waals surface area contributed by atoms with Gasteiger partial charge in [-0.1, -0.05) is 41.6 Å². The van der Waals surface area contributed by atoms with Crippen molar-refractivity contribution in [1.82, 2.24) is 19.5 Å². The second-order valence-corrected chi connectivity index (χ2v) is 8.09. The lowest BCUT2D eigenvalue weighted by atomic mass is 10.1. The van der Waals surface area contributed by atoms with E-state index in [9.17, 15) is 15.3 Å². The van der Waals surface area contributed by atoms with E-state index >= 15 is 0 Å². The summed E-state index contributed by atoms with van der Waals surface area (Å²) in [7, 11) is 0. The molecule has 0 aliphatic carbocycles. The van der Waals surface area contributed by atoms with E-state index in [1.54, 1.807) is 0 Å². The number of hydrogen-bond donors (Lipinski definition) is 4. The van der Waals surface area contributed by atoms with Gasteiger partial charge in [-0.15, -0.1) is 0 Å². The van der Waals surface area contributed by atoms with Gasteiger partial charge in [0.2, 0.25) is 0 Å². The maximum atomic E-state index is 10.3. The van der Waals surface area contributed by atoms with Crippen molar-refractivity contribution in [2.75, 3.05) is 18.1 Å². The molecule has 0 radical (unpaired) electrons. The standard InChI is InChI=1S/C19H23N5O4S/c1-10-2-4-11(5-3-10)6-7-29-19-22-16(20)13-17(23-19)24(9-21-13)18-15(27)14(26)12(8-25)28-18/h2-5,9,12,14-15,18,25-27H,6-8H2,1H3,(H2,20,22,23)/t12-,14?,15+,18-/m1/s1. The molecular weight excluding hydrogens is 394 g/mol. The van der Waals surface area contributed by atoms with Crippen molar-refractivity contribution in [2.45, 2.75) is 43.0 Å². The average molecular weight is 417 g/mol. The topological polar surface area (TPSA) is 140 Å². The molecule has 0 spiro atoms. The SMILES string of the molecule is Cc1ccc(CCSc2nc(N)c3ncn([C@@H]4O[C@H](CO)C(O)[C@@H]4O)c3n2)cc1. The zero-order valence-corrected chi connectivity index (χ0v) is 16.7. The molecule has 1 unspecified atom stereocenters. The van der Waals surface area contributed by atoms with Gasteiger partial charge in [0.05, 0.1) is 12.9 Å². The monoisotopic (exact) mass is 417 g/mol. The number of thioether (sulfide) groups is 1. The van der Waals surface area contributed by atoms with E-state index in [4.69, 9.17) is 10.5 Å². The third kappa shape index (κ3) is 3.94.